The number of ether oxygens (including phenoxy) is 2. The summed E-state index contributed by atoms with van der Waals surface area (Å²) in [7, 11) is 0. The lowest BCUT2D eigenvalue weighted by atomic mass is 9.98. The first-order valence-corrected chi connectivity index (χ1v) is 10.1. The number of hydrogen-bond donors (Lipinski definition) is 1. The topological polar surface area (TPSA) is 55.8 Å². The molecular weight excluding hydrogens is 372 g/mol. The molecule has 0 saturated carbocycles. The van der Waals surface area contributed by atoms with E-state index in [2.05, 4.69) is 0 Å². The maximum atomic E-state index is 11.6. The smallest absolute Gasteiger partial charge is 0.312 e. The lowest BCUT2D eigenvalue weighted by Crippen LogP contribution is -2.13. The summed E-state index contributed by atoms with van der Waals surface area (Å²) in [6.45, 7) is 4.97. The van der Waals surface area contributed by atoms with E-state index in [4.69, 9.17) is 9.47 Å². The van der Waals surface area contributed by atoms with E-state index < -0.39 is 11.9 Å². The molecule has 28 heavy (non-hydrogen) atoms. The van der Waals surface area contributed by atoms with Gasteiger partial charge in [-0.05, 0) is 60.5 Å². The number of aryl methyl sites for hydroxylation is 2. The Kier molecular flexibility index (Phi) is 6.71. The van der Waals surface area contributed by atoms with Crippen molar-refractivity contribution in [1.82, 2.24) is 0 Å². The highest BCUT2D eigenvalue weighted by Crippen LogP contribution is 2.26. The van der Waals surface area contributed by atoms with Crippen molar-refractivity contribution in [3.63, 3.8) is 0 Å². The van der Waals surface area contributed by atoms with Crippen LogP contribution < -0.4 is 9.47 Å². The monoisotopic (exact) mass is 396 g/mol. The van der Waals surface area contributed by atoms with E-state index in [1.165, 1.54) is 11.3 Å². The number of carboxylic acids is 1. The summed E-state index contributed by atoms with van der Waals surface area (Å²) in [5.74, 6) is 0.343. The first kappa shape index (κ1) is 20.0. The fourth-order valence-electron chi connectivity index (χ4n) is 3.09. The third-order valence-corrected chi connectivity index (χ3v) is 5.54. The van der Waals surface area contributed by atoms with Crippen LogP contribution in [0.2, 0.25) is 0 Å². The highest BCUT2D eigenvalue weighted by molar-refractivity contribution is 7.10. The second-order valence-corrected chi connectivity index (χ2v) is 7.65. The molecule has 0 fully saturated rings. The normalized spacial score (nSPS) is 11.8. The average Bonchev–Trinajstić information content (AvgIpc) is 3.20. The van der Waals surface area contributed by atoms with Gasteiger partial charge in [0.1, 0.15) is 24.7 Å². The molecule has 2 aromatic carbocycles. The van der Waals surface area contributed by atoms with Gasteiger partial charge in [0, 0.05) is 4.88 Å². The Morgan fingerprint density at radius 1 is 0.964 bits per heavy atom. The predicted octanol–water partition coefficient (Wildman–Crippen LogP) is 5.23. The molecule has 1 atom stereocenters. The predicted molar refractivity (Wildman–Crippen MR) is 112 cm³/mol. The first-order valence-electron chi connectivity index (χ1n) is 9.21. The van der Waals surface area contributed by atoms with Gasteiger partial charge >= 0.3 is 5.97 Å². The second kappa shape index (κ2) is 9.42. The van der Waals surface area contributed by atoms with Crippen LogP contribution in [0.1, 0.15) is 27.5 Å². The Labute approximate surface area is 169 Å². The Morgan fingerprint density at radius 2 is 1.64 bits per heavy atom. The fraction of sp³-hybridized carbons (Fsp3) is 0.261. The molecule has 0 aliphatic carbocycles. The van der Waals surface area contributed by atoms with Gasteiger partial charge in [0.05, 0.1) is 5.92 Å². The van der Waals surface area contributed by atoms with Gasteiger partial charge in [-0.2, -0.15) is 0 Å². The van der Waals surface area contributed by atoms with Gasteiger partial charge in [-0.3, -0.25) is 4.79 Å². The van der Waals surface area contributed by atoms with Crippen LogP contribution in [0.5, 0.6) is 11.5 Å². The Balaban J connectivity index is 1.51. The third kappa shape index (κ3) is 5.14. The summed E-state index contributed by atoms with van der Waals surface area (Å²) in [5, 5.41) is 11.4. The minimum absolute atomic E-state index is 0.445. The second-order valence-electron chi connectivity index (χ2n) is 6.67. The van der Waals surface area contributed by atoms with Crippen molar-refractivity contribution < 1.29 is 19.4 Å². The van der Waals surface area contributed by atoms with Crippen molar-refractivity contribution in [3.8, 4) is 11.5 Å². The molecule has 3 aromatic rings. The van der Waals surface area contributed by atoms with Crippen LogP contribution in [0.3, 0.4) is 0 Å². The fourth-order valence-corrected chi connectivity index (χ4v) is 3.91. The van der Waals surface area contributed by atoms with Gasteiger partial charge in [-0.25, -0.2) is 0 Å². The molecule has 3 rings (SSSR count). The van der Waals surface area contributed by atoms with E-state index in [1.807, 2.05) is 73.8 Å². The van der Waals surface area contributed by atoms with E-state index in [0.717, 1.165) is 33.1 Å². The molecule has 0 amide bonds. The van der Waals surface area contributed by atoms with Gasteiger partial charge in [-0.15, -0.1) is 11.3 Å². The van der Waals surface area contributed by atoms with Crippen LogP contribution in [0.25, 0.3) is 0 Å². The summed E-state index contributed by atoms with van der Waals surface area (Å²) in [6.07, 6.45) is 0.464. The number of benzene rings is 2. The van der Waals surface area contributed by atoms with Crippen LogP contribution in [-0.4, -0.2) is 24.3 Å². The molecule has 5 heteroatoms. The molecule has 4 nitrogen and oxygen atoms in total. The van der Waals surface area contributed by atoms with Crippen LogP contribution >= 0.6 is 11.3 Å². The van der Waals surface area contributed by atoms with Crippen molar-refractivity contribution >= 4 is 17.3 Å². The minimum Gasteiger partial charge on any atom is -0.490 e. The molecule has 0 saturated heterocycles. The molecule has 146 valence electrons. The van der Waals surface area contributed by atoms with Crippen molar-refractivity contribution in [2.75, 3.05) is 13.2 Å². The number of rotatable bonds is 9. The van der Waals surface area contributed by atoms with E-state index in [-0.39, 0.29) is 0 Å². The maximum absolute atomic E-state index is 11.6. The lowest BCUT2D eigenvalue weighted by Gasteiger charge is -2.13. The van der Waals surface area contributed by atoms with E-state index in [0.29, 0.717) is 19.6 Å². The maximum Gasteiger partial charge on any atom is 0.312 e. The van der Waals surface area contributed by atoms with Gasteiger partial charge in [0.15, 0.2) is 0 Å². The largest absolute Gasteiger partial charge is 0.490 e. The highest BCUT2D eigenvalue weighted by Gasteiger charge is 2.21. The average molecular weight is 397 g/mol. The Bertz CT molecular complexity index is 881. The molecule has 0 aliphatic rings. The van der Waals surface area contributed by atoms with Gasteiger partial charge in [0.25, 0.3) is 0 Å². The summed E-state index contributed by atoms with van der Waals surface area (Å²) < 4.78 is 11.6. The number of hydrogen-bond acceptors (Lipinski definition) is 4. The Hall–Kier alpha value is -2.79. The molecule has 0 spiro atoms. The van der Waals surface area contributed by atoms with Crippen molar-refractivity contribution in [2.45, 2.75) is 26.2 Å². The zero-order valence-electron chi connectivity index (χ0n) is 16.1. The van der Waals surface area contributed by atoms with Crippen molar-refractivity contribution in [2.24, 2.45) is 0 Å². The highest BCUT2D eigenvalue weighted by atomic mass is 32.1. The Morgan fingerprint density at radius 3 is 2.25 bits per heavy atom. The molecule has 1 heterocycles. The summed E-state index contributed by atoms with van der Waals surface area (Å²) in [5.41, 5.74) is 3.20. The number of carboxylic acid groups (broad SMARTS) is 1. The van der Waals surface area contributed by atoms with Crippen LogP contribution in [-0.2, 0) is 11.2 Å². The van der Waals surface area contributed by atoms with Crippen LogP contribution in [0.4, 0.5) is 0 Å². The quantitative estimate of drug-likeness (QED) is 0.503. The first-order chi connectivity index (χ1) is 13.5. The van der Waals surface area contributed by atoms with Gasteiger partial charge in [-0.1, -0.05) is 36.4 Å². The van der Waals surface area contributed by atoms with Crippen LogP contribution in [0, 0.1) is 13.8 Å². The van der Waals surface area contributed by atoms with E-state index in [9.17, 15) is 9.90 Å². The molecule has 1 aromatic heterocycles. The SMILES string of the molecule is Cc1cccc(C)c1OCCOc1ccc(CC(C(=O)O)c2cccs2)cc1. The van der Waals surface area contributed by atoms with Crippen LogP contribution in [0.15, 0.2) is 60.0 Å². The van der Waals surface area contributed by atoms with Crippen molar-refractivity contribution in [1.29, 1.82) is 0 Å². The number of carbonyl (C=O) groups is 1. The van der Waals surface area contributed by atoms with Gasteiger partial charge < -0.3 is 14.6 Å². The zero-order chi connectivity index (χ0) is 19.9. The minimum atomic E-state index is -0.800. The summed E-state index contributed by atoms with van der Waals surface area (Å²) in [4.78, 5) is 12.4. The zero-order valence-corrected chi connectivity index (χ0v) is 16.9. The van der Waals surface area contributed by atoms with E-state index >= 15 is 0 Å². The van der Waals surface area contributed by atoms with Gasteiger partial charge in [0.2, 0.25) is 0 Å². The number of aliphatic carboxylic acids is 1. The standard InChI is InChI=1S/C23H24O4S/c1-16-5-3-6-17(2)22(16)27-13-12-26-19-10-8-18(9-11-19)15-20(23(24)25)21-7-4-14-28-21/h3-11,14,20H,12-13,15H2,1-2H3,(H,24,25). The molecular formula is C23H24O4S. The third-order valence-electron chi connectivity index (χ3n) is 4.56. The van der Waals surface area contributed by atoms with Crippen molar-refractivity contribution in [3.05, 3.63) is 81.5 Å². The lowest BCUT2D eigenvalue weighted by molar-refractivity contribution is -0.138. The number of thiophene rings is 1. The molecule has 1 N–H and O–H groups in total. The molecule has 1 unspecified atom stereocenters. The molecule has 0 bridgehead atoms. The number of para-hydroxylation sites is 1. The molecule has 0 radical (unpaired) electrons. The summed E-state index contributed by atoms with van der Waals surface area (Å²) >= 11 is 1.48. The summed E-state index contributed by atoms with van der Waals surface area (Å²) in [6, 6.07) is 17.4. The molecule has 0 aliphatic heterocycles. The van der Waals surface area contributed by atoms with E-state index in [1.54, 1.807) is 0 Å².